The number of nitrogens with two attached hydrogens (primary N) is 1. The third-order valence-corrected chi connectivity index (χ3v) is 4.11. The van der Waals surface area contributed by atoms with Crippen molar-refractivity contribution in [2.75, 3.05) is 12.3 Å². The molecule has 1 saturated carbocycles. The Hall–Kier alpha value is -1.22. The maximum absolute atomic E-state index is 12.3. The first kappa shape index (κ1) is 10.9. The van der Waals surface area contributed by atoms with Gasteiger partial charge >= 0.3 is 0 Å². The van der Waals surface area contributed by atoms with E-state index < -0.39 is 0 Å². The molecule has 1 aliphatic carbocycles. The van der Waals surface area contributed by atoms with Gasteiger partial charge in [0.15, 0.2) is 0 Å². The SMILES string of the molecule is Nc1cc(C(=O)N2CCCC3CC32)ccc1Cl. The zero-order valence-electron chi connectivity index (χ0n) is 9.53. The number of carbonyl (C=O) groups is 1. The summed E-state index contributed by atoms with van der Waals surface area (Å²) in [6.45, 7) is 0.878. The van der Waals surface area contributed by atoms with Gasteiger partial charge in [0.25, 0.3) is 5.91 Å². The van der Waals surface area contributed by atoms with Crippen LogP contribution in [-0.4, -0.2) is 23.4 Å². The summed E-state index contributed by atoms with van der Waals surface area (Å²) in [5, 5.41) is 0.504. The number of piperidine rings is 1. The molecule has 0 spiro atoms. The Morgan fingerprint density at radius 1 is 1.47 bits per heavy atom. The summed E-state index contributed by atoms with van der Waals surface area (Å²) in [6, 6.07) is 5.61. The number of carbonyl (C=O) groups excluding carboxylic acids is 1. The molecule has 2 N–H and O–H groups in total. The summed E-state index contributed by atoms with van der Waals surface area (Å²) in [7, 11) is 0. The van der Waals surface area contributed by atoms with Crippen molar-refractivity contribution in [1.29, 1.82) is 0 Å². The molecule has 1 heterocycles. The smallest absolute Gasteiger partial charge is 0.254 e. The van der Waals surface area contributed by atoms with Gasteiger partial charge in [-0.15, -0.1) is 0 Å². The van der Waals surface area contributed by atoms with E-state index in [1.807, 2.05) is 4.90 Å². The number of hydrogen-bond acceptors (Lipinski definition) is 2. The Morgan fingerprint density at radius 3 is 3.06 bits per heavy atom. The van der Waals surface area contributed by atoms with Gasteiger partial charge in [-0.2, -0.15) is 0 Å². The van der Waals surface area contributed by atoms with Crippen LogP contribution in [0.3, 0.4) is 0 Å². The number of anilines is 1. The Labute approximate surface area is 106 Å². The molecule has 0 radical (unpaired) electrons. The predicted octanol–water partition coefficient (Wildman–Crippen LogP) is 2.55. The van der Waals surface area contributed by atoms with Crippen LogP contribution < -0.4 is 5.73 Å². The Bertz CT molecular complexity index is 474. The Kier molecular flexibility index (Phi) is 2.51. The number of rotatable bonds is 1. The van der Waals surface area contributed by atoms with Crippen molar-refractivity contribution < 1.29 is 4.79 Å². The molecule has 0 bridgehead atoms. The van der Waals surface area contributed by atoms with E-state index in [-0.39, 0.29) is 5.91 Å². The highest BCUT2D eigenvalue weighted by Crippen LogP contribution is 2.43. The first-order valence-corrected chi connectivity index (χ1v) is 6.40. The van der Waals surface area contributed by atoms with Crippen molar-refractivity contribution in [2.24, 2.45) is 5.92 Å². The first-order chi connectivity index (χ1) is 8.16. The van der Waals surface area contributed by atoms with Gasteiger partial charge in [-0.1, -0.05) is 11.6 Å². The van der Waals surface area contributed by atoms with Gasteiger partial charge < -0.3 is 10.6 Å². The van der Waals surface area contributed by atoms with Crippen LogP contribution in [0.4, 0.5) is 5.69 Å². The first-order valence-electron chi connectivity index (χ1n) is 6.03. The topological polar surface area (TPSA) is 46.3 Å². The van der Waals surface area contributed by atoms with Crippen molar-refractivity contribution in [3.8, 4) is 0 Å². The number of benzene rings is 1. The van der Waals surface area contributed by atoms with Crippen molar-refractivity contribution >= 4 is 23.2 Å². The van der Waals surface area contributed by atoms with Crippen molar-refractivity contribution in [3.05, 3.63) is 28.8 Å². The average Bonchev–Trinajstić information content (AvgIpc) is 3.10. The highest BCUT2D eigenvalue weighted by atomic mass is 35.5. The van der Waals surface area contributed by atoms with E-state index in [0.717, 1.165) is 18.9 Å². The van der Waals surface area contributed by atoms with E-state index in [9.17, 15) is 4.79 Å². The lowest BCUT2D eigenvalue weighted by Gasteiger charge is -2.26. The van der Waals surface area contributed by atoms with Crippen LogP contribution in [0.5, 0.6) is 0 Å². The molecule has 2 aliphatic rings. The van der Waals surface area contributed by atoms with Gasteiger partial charge in [0.05, 0.1) is 10.7 Å². The quantitative estimate of drug-likeness (QED) is 0.779. The number of nitrogens with zero attached hydrogens (tertiary/aromatic N) is 1. The molecule has 4 heteroatoms. The van der Waals surface area contributed by atoms with E-state index in [1.165, 1.54) is 12.8 Å². The standard InChI is InChI=1S/C13H15ClN2O/c14-10-4-3-9(6-11(10)15)13(17)16-5-1-2-8-7-12(8)16/h3-4,6,8,12H,1-2,5,7,15H2. The van der Waals surface area contributed by atoms with Crippen molar-refractivity contribution in [3.63, 3.8) is 0 Å². The normalized spacial score (nSPS) is 26.5. The minimum atomic E-state index is 0.0977. The van der Waals surface area contributed by atoms with Crippen molar-refractivity contribution in [1.82, 2.24) is 4.90 Å². The Balaban J connectivity index is 1.83. The number of amides is 1. The van der Waals surface area contributed by atoms with Crippen LogP contribution in [0.2, 0.25) is 5.02 Å². The second kappa shape index (κ2) is 3.91. The summed E-state index contributed by atoms with van der Waals surface area (Å²) in [6.07, 6.45) is 3.57. The lowest BCUT2D eigenvalue weighted by atomic mass is 10.1. The molecule has 2 fully saturated rings. The summed E-state index contributed by atoms with van der Waals surface area (Å²) in [4.78, 5) is 14.3. The number of hydrogen-bond donors (Lipinski definition) is 1. The van der Waals surface area contributed by atoms with Crippen LogP contribution in [0.25, 0.3) is 0 Å². The van der Waals surface area contributed by atoms with E-state index in [2.05, 4.69) is 0 Å². The highest BCUT2D eigenvalue weighted by molar-refractivity contribution is 6.33. The van der Waals surface area contributed by atoms with Crippen LogP contribution in [0.15, 0.2) is 18.2 Å². The molecule has 1 amide bonds. The molecule has 1 aromatic rings. The number of nitrogen functional groups attached to an aromatic ring is 1. The van der Waals surface area contributed by atoms with Crippen LogP contribution in [0, 0.1) is 5.92 Å². The molecule has 1 saturated heterocycles. The summed E-state index contributed by atoms with van der Waals surface area (Å²) in [5.41, 5.74) is 6.86. The number of likely N-dealkylation sites (tertiary alicyclic amines) is 1. The molecule has 17 heavy (non-hydrogen) atoms. The molecule has 3 rings (SSSR count). The summed E-state index contributed by atoms with van der Waals surface area (Å²) >= 11 is 5.86. The molecule has 3 nitrogen and oxygen atoms in total. The van der Waals surface area contributed by atoms with E-state index in [0.29, 0.717) is 22.3 Å². The fourth-order valence-electron chi connectivity index (χ4n) is 2.71. The van der Waals surface area contributed by atoms with Gasteiger partial charge in [-0.25, -0.2) is 0 Å². The van der Waals surface area contributed by atoms with E-state index in [4.69, 9.17) is 17.3 Å². The van der Waals surface area contributed by atoms with Crippen LogP contribution in [0.1, 0.15) is 29.6 Å². The molecule has 1 aliphatic heterocycles. The van der Waals surface area contributed by atoms with Gasteiger partial charge in [0.2, 0.25) is 0 Å². The molecule has 1 aromatic carbocycles. The van der Waals surface area contributed by atoms with Crippen molar-refractivity contribution in [2.45, 2.75) is 25.3 Å². The Morgan fingerprint density at radius 2 is 2.29 bits per heavy atom. The predicted molar refractivity (Wildman–Crippen MR) is 68.0 cm³/mol. The lowest BCUT2D eigenvalue weighted by molar-refractivity contribution is 0.0706. The van der Waals surface area contributed by atoms with E-state index in [1.54, 1.807) is 18.2 Å². The molecule has 90 valence electrons. The molecule has 2 unspecified atom stereocenters. The van der Waals surface area contributed by atoms with Gasteiger partial charge in [0, 0.05) is 18.2 Å². The van der Waals surface area contributed by atoms with Crippen LogP contribution in [-0.2, 0) is 0 Å². The largest absolute Gasteiger partial charge is 0.398 e. The molecule has 2 atom stereocenters. The molecule has 0 aromatic heterocycles. The number of halogens is 1. The van der Waals surface area contributed by atoms with Gasteiger partial charge in [-0.3, -0.25) is 4.79 Å². The minimum absolute atomic E-state index is 0.0977. The zero-order valence-corrected chi connectivity index (χ0v) is 10.3. The summed E-state index contributed by atoms with van der Waals surface area (Å²) < 4.78 is 0. The fraction of sp³-hybridized carbons (Fsp3) is 0.462. The van der Waals surface area contributed by atoms with Gasteiger partial charge in [-0.05, 0) is 43.4 Å². The maximum Gasteiger partial charge on any atom is 0.254 e. The zero-order chi connectivity index (χ0) is 12.0. The molecular weight excluding hydrogens is 236 g/mol. The average molecular weight is 251 g/mol. The second-order valence-electron chi connectivity index (χ2n) is 4.94. The maximum atomic E-state index is 12.3. The van der Waals surface area contributed by atoms with Gasteiger partial charge in [0.1, 0.15) is 0 Å². The highest BCUT2D eigenvalue weighted by Gasteiger charge is 2.46. The monoisotopic (exact) mass is 250 g/mol. The van der Waals surface area contributed by atoms with Crippen LogP contribution >= 0.6 is 11.6 Å². The number of fused-ring (bicyclic) bond motifs is 1. The summed E-state index contributed by atoms with van der Waals surface area (Å²) in [5.74, 6) is 0.845. The van der Waals surface area contributed by atoms with E-state index >= 15 is 0 Å². The third-order valence-electron chi connectivity index (χ3n) is 3.76. The second-order valence-corrected chi connectivity index (χ2v) is 5.35. The minimum Gasteiger partial charge on any atom is -0.398 e. The molecular formula is C13H15ClN2O. The lowest BCUT2D eigenvalue weighted by Crippen LogP contribution is -2.37. The fourth-order valence-corrected chi connectivity index (χ4v) is 2.83. The third kappa shape index (κ3) is 1.89.